The number of rotatable bonds is 9. The highest BCUT2D eigenvalue weighted by Gasteiger charge is 2.25. The van der Waals surface area contributed by atoms with Gasteiger partial charge in [0.05, 0.1) is 23.7 Å². The Morgan fingerprint density at radius 1 is 0.974 bits per heavy atom. The van der Waals surface area contributed by atoms with E-state index >= 15 is 0 Å². The molecule has 9 heteroatoms. The van der Waals surface area contributed by atoms with Crippen molar-refractivity contribution in [3.8, 4) is 5.75 Å². The van der Waals surface area contributed by atoms with Gasteiger partial charge < -0.3 is 34.8 Å². The topological polar surface area (TPSA) is 82.2 Å². The second-order valence-corrected chi connectivity index (χ2v) is 9.73. The van der Waals surface area contributed by atoms with Crippen LogP contribution in [-0.2, 0) is 16.0 Å². The average molecular weight is 517 g/mol. The fourth-order valence-electron chi connectivity index (χ4n) is 4.97. The van der Waals surface area contributed by atoms with Gasteiger partial charge in [0, 0.05) is 76.5 Å². The van der Waals surface area contributed by atoms with Crippen LogP contribution >= 0.6 is 0 Å². The molecule has 3 heterocycles. The van der Waals surface area contributed by atoms with Crippen LogP contribution in [0, 0.1) is 0 Å². The van der Waals surface area contributed by atoms with Crippen LogP contribution in [0.3, 0.4) is 0 Å². The van der Waals surface area contributed by atoms with Crippen molar-refractivity contribution in [3.63, 3.8) is 0 Å². The molecule has 9 nitrogen and oxygen atoms in total. The first kappa shape index (κ1) is 25.8. The Kier molecular flexibility index (Phi) is 7.95. The van der Waals surface area contributed by atoms with Crippen LogP contribution in [0.2, 0.25) is 0 Å². The third-order valence-electron chi connectivity index (χ3n) is 7.05. The maximum absolute atomic E-state index is 12.2. The summed E-state index contributed by atoms with van der Waals surface area (Å²) < 4.78 is 11.3. The van der Waals surface area contributed by atoms with E-state index < -0.39 is 0 Å². The zero-order chi connectivity index (χ0) is 26.5. The van der Waals surface area contributed by atoms with E-state index in [2.05, 4.69) is 50.7 Å². The number of amides is 1. The van der Waals surface area contributed by atoms with Crippen LogP contribution in [0.15, 0.2) is 54.7 Å². The van der Waals surface area contributed by atoms with Crippen molar-refractivity contribution in [2.24, 2.45) is 0 Å². The maximum Gasteiger partial charge on any atom is 0.223 e. The van der Waals surface area contributed by atoms with E-state index in [-0.39, 0.29) is 5.91 Å². The van der Waals surface area contributed by atoms with E-state index in [0.29, 0.717) is 25.6 Å². The number of anilines is 6. The molecular formula is C29H36N6O3. The minimum absolute atomic E-state index is 0.0520. The molecule has 0 spiro atoms. The molecule has 1 fully saturated rings. The molecule has 0 atom stereocenters. The number of hydrogen-bond acceptors (Lipinski definition) is 8. The second kappa shape index (κ2) is 11.7. The van der Waals surface area contributed by atoms with Gasteiger partial charge in [-0.25, -0.2) is 4.98 Å². The summed E-state index contributed by atoms with van der Waals surface area (Å²) in [5.74, 6) is 1.50. The normalized spacial score (nSPS) is 15.3. The molecule has 5 rings (SSSR count). The van der Waals surface area contributed by atoms with Gasteiger partial charge in [0.15, 0.2) is 0 Å². The molecule has 0 radical (unpaired) electrons. The van der Waals surface area contributed by atoms with E-state index in [1.54, 1.807) is 20.2 Å². The minimum Gasteiger partial charge on any atom is -0.489 e. The molecule has 3 aromatic rings. The largest absolute Gasteiger partial charge is 0.489 e. The number of likely N-dealkylation sites (N-methyl/N-ethyl adjacent to an activating group) is 1. The highest BCUT2D eigenvalue weighted by Crippen LogP contribution is 2.38. The zero-order valence-electron chi connectivity index (χ0n) is 22.4. The molecule has 1 aromatic heterocycles. The average Bonchev–Trinajstić information content (AvgIpc) is 3.36. The van der Waals surface area contributed by atoms with Crippen molar-refractivity contribution >= 4 is 40.2 Å². The zero-order valence-corrected chi connectivity index (χ0v) is 22.4. The number of methoxy groups -OCH3 is 1. The van der Waals surface area contributed by atoms with Crippen LogP contribution in [0.1, 0.15) is 12.5 Å². The molecule has 2 aliphatic rings. The summed E-state index contributed by atoms with van der Waals surface area (Å²) in [4.78, 5) is 23.3. The van der Waals surface area contributed by atoms with Gasteiger partial charge in [-0.15, -0.1) is 0 Å². The van der Waals surface area contributed by atoms with Crippen molar-refractivity contribution in [2.45, 2.75) is 13.3 Å². The fraction of sp³-hybridized carbons (Fsp3) is 0.379. The molecule has 0 aliphatic carbocycles. The molecule has 1 saturated heterocycles. The van der Waals surface area contributed by atoms with Crippen molar-refractivity contribution < 1.29 is 14.3 Å². The highest BCUT2D eigenvalue weighted by atomic mass is 16.5. The number of benzene rings is 2. The molecule has 2 aromatic carbocycles. The number of fused-ring (bicyclic) bond motifs is 1. The Morgan fingerprint density at radius 3 is 2.61 bits per heavy atom. The molecule has 0 unspecified atom stereocenters. The standard InChI is InChI=1S/C29H36N6O3/c1-21(36)35-12-10-22-5-4-6-26(29(22)35)31-23-9-11-30-28(19-23)32-25-8-7-24(20-27(25)38-18-17-37-3)34-15-13-33(2)14-16-34/h4-9,11,19-20H,10,12-18H2,1-3H3,(H2,30,31,32). The summed E-state index contributed by atoms with van der Waals surface area (Å²) in [5, 5.41) is 6.93. The van der Waals surface area contributed by atoms with Crippen LogP contribution in [0.4, 0.5) is 34.3 Å². The Balaban J connectivity index is 1.36. The van der Waals surface area contributed by atoms with Crippen LogP contribution < -0.4 is 25.2 Å². The molecule has 0 bridgehead atoms. The molecule has 2 aliphatic heterocycles. The summed E-state index contributed by atoms with van der Waals surface area (Å²) in [7, 11) is 3.83. The van der Waals surface area contributed by atoms with Crippen LogP contribution in [0.5, 0.6) is 5.75 Å². The number of carbonyl (C=O) groups excluding carboxylic acids is 1. The minimum atomic E-state index is 0.0520. The quantitative estimate of drug-likeness (QED) is 0.409. The lowest BCUT2D eigenvalue weighted by Crippen LogP contribution is -2.44. The summed E-state index contributed by atoms with van der Waals surface area (Å²) in [5.41, 5.74) is 5.91. The Labute approximate surface area is 224 Å². The number of nitrogens with zero attached hydrogens (tertiary/aromatic N) is 4. The van der Waals surface area contributed by atoms with E-state index in [9.17, 15) is 4.79 Å². The van der Waals surface area contributed by atoms with Crippen LogP contribution in [0.25, 0.3) is 0 Å². The van der Waals surface area contributed by atoms with Crippen LogP contribution in [-0.4, -0.2) is 75.9 Å². The lowest BCUT2D eigenvalue weighted by molar-refractivity contribution is -0.116. The second-order valence-electron chi connectivity index (χ2n) is 9.73. The summed E-state index contributed by atoms with van der Waals surface area (Å²) in [6.07, 6.45) is 2.63. The molecule has 200 valence electrons. The highest BCUT2D eigenvalue weighted by molar-refractivity contribution is 5.98. The predicted molar refractivity (Wildman–Crippen MR) is 152 cm³/mol. The third kappa shape index (κ3) is 5.84. The van der Waals surface area contributed by atoms with Crippen molar-refractivity contribution in [2.75, 3.05) is 80.5 Å². The molecule has 0 saturated carbocycles. The monoisotopic (exact) mass is 516 g/mol. The Bertz CT molecular complexity index is 1270. The van der Waals surface area contributed by atoms with Crippen molar-refractivity contribution in [1.82, 2.24) is 9.88 Å². The Hall–Kier alpha value is -3.82. The Morgan fingerprint density at radius 2 is 1.82 bits per heavy atom. The number of nitrogens with one attached hydrogen (secondary N) is 2. The van der Waals surface area contributed by atoms with Gasteiger partial charge in [-0.2, -0.15) is 0 Å². The summed E-state index contributed by atoms with van der Waals surface area (Å²) in [6, 6.07) is 16.3. The summed E-state index contributed by atoms with van der Waals surface area (Å²) in [6.45, 7) is 7.34. The molecular weight excluding hydrogens is 480 g/mol. The smallest absolute Gasteiger partial charge is 0.223 e. The first-order valence-electron chi connectivity index (χ1n) is 13.1. The van der Waals surface area contributed by atoms with E-state index in [1.165, 1.54) is 5.56 Å². The molecule has 1 amide bonds. The first-order chi connectivity index (χ1) is 18.5. The van der Waals surface area contributed by atoms with Gasteiger partial charge in [0.1, 0.15) is 18.2 Å². The van der Waals surface area contributed by atoms with E-state index in [1.807, 2.05) is 35.2 Å². The van der Waals surface area contributed by atoms with Crippen molar-refractivity contribution in [1.29, 1.82) is 0 Å². The summed E-state index contributed by atoms with van der Waals surface area (Å²) >= 11 is 0. The molecule has 2 N–H and O–H groups in total. The van der Waals surface area contributed by atoms with Crippen molar-refractivity contribution in [3.05, 3.63) is 60.3 Å². The number of ether oxygens (including phenoxy) is 2. The number of para-hydroxylation sites is 1. The lowest BCUT2D eigenvalue weighted by Gasteiger charge is -2.34. The maximum atomic E-state index is 12.2. The number of piperazine rings is 1. The van der Waals surface area contributed by atoms with Gasteiger partial charge >= 0.3 is 0 Å². The van der Waals surface area contributed by atoms with Gasteiger partial charge in [-0.1, -0.05) is 12.1 Å². The fourth-order valence-corrected chi connectivity index (χ4v) is 4.97. The lowest BCUT2D eigenvalue weighted by atomic mass is 10.1. The third-order valence-corrected chi connectivity index (χ3v) is 7.05. The van der Waals surface area contributed by atoms with E-state index in [4.69, 9.17) is 9.47 Å². The van der Waals surface area contributed by atoms with Gasteiger partial charge in [0.2, 0.25) is 5.91 Å². The first-order valence-corrected chi connectivity index (χ1v) is 13.1. The van der Waals surface area contributed by atoms with Gasteiger partial charge in [-0.3, -0.25) is 4.79 Å². The number of carbonyl (C=O) groups is 1. The number of aromatic nitrogens is 1. The van der Waals surface area contributed by atoms with E-state index in [0.717, 1.165) is 66.8 Å². The number of hydrogen-bond donors (Lipinski definition) is 2. The SMILES string of the molecule is COCCOc1cc(N2CCN(C)CC2)ccc1Nc1cc(Nc2cccc3c2N(C(C)=O)CC3)ccn1. The molecule has 38 heavy (non-hydrogen) atoms. The van der Waals surface area contributed by atoms with Gasteiger partial charge in [-0.05, 0) is 43.3 Å². The van der Waals surface area contributed by atoms with Gasteiger partial charge in [0.25, 0.3) is 0 Å². The number of pyridine rings is 1. The predicted octanol–water partition coefficient (Wildman–Crippen LogP) is 4.25.